The molecule has 5 aliphatic rings. The number of fused-ring (bicyclic) bond motifs is 3. The van der Waals surface area contributed by atoms with Gasteiger partial charge in [0.1, 0.15) is 12.3 Å². The van der Waals surface area contributed by atoms with Crippen LogP contribution in [0.25, 0.3) is 55.3 Å². The zero-order valence-electron chi connectivity index (χ0n) is 39.6. The fourth-order valence-corrected chi connectivity index (χ4v) is 11.4. The lowest BCUT2D eigenvalue weighted by atomic mass is 9.63. The maximum Gasteiger partial charge on any atom is 0.338 e. The third kappa shape index (κ3) is 7.73. The van der Waals surface area contributed by atoms with Crippen LogP contribution in [0.3, 0.4) is 0 Å². The van der Waals surface area contributed by atoms with E-state index in [1.807, 2.05) is 72.8 Å². The van der Waals surface area contributed by atoms with Gasteiger partial charge >= 0.3 is 5.97 Å². The molecule has 8 aromatic rings. The smallest absolute Gasteiger partial charge is 0.338 e. The first-order chi connectivity index (χ1) is 36.0. The highest BCUT2D eigenvalue weighted by Crippen LogP contribution is 2.53. The molecule has 0 spiro atoms. The summed E-state index contributed by atoms with van der Waals surface area (Å²) in [6.07, 6.45) is 24.2. The van der Waals surface area contributed by atoms with E-state index in [2.05, 4.69) is 197 Å². The average Bonchev–Trinajstić information content (AvgIpc) is 3.78. The molecule has 2 atom stereocenters. The van der Waals surface area contributed by atoms with Gasteiger partial charge in [-0.1, -0.05) is 170 Å². The molecular weight excluding hydrogens is 913 g/mol. The van der Waals surface area contributed by atoms with Crippen LogP contribution in [0.15, 0.2) is 275 Å². The molecule has 0 fully saturated rings. The lowest BCUT2D eigenvalue weighted by molar-refractivity contribution is 0.0473. The number of thiol groups is 1. The van der Waals surface area contributed by atoms with Crippen LogP contribution >= 0.6 is 12.8 Å². The van der Waals surface area contributed by atoms with Crippen molar-refractivity contribution in [3.63, 3.8) is 0 Å². The molecule has 0 saturated carbocycles. The van der Waals surface area contributed by atoms with Crippen LogP contribution in [0.5, 0.6) is 0 Å². The van der Waals surface area contributed by atoms with E-state index in [9.17, 15) is 10.2 Å². The van der Waals surface area contributed by atoms with Gasteiger partial charge in [-0.05, 0) is 141 Å². The number of rotatable bonds is 10. The van der Waals surface area contributed by atoms with Gasteiger partial charge in [0.15, 0.2) is 0 Å². The van der Waals surface area contributed by atoms with Gasteiger partial charge in [0.05, 0.1) is 33.7 Å². The number of aromatic nitrogens is 1. The van der Waals surface area contributed by atoms with Crippen molar-refractivity contribution in [2.75, 3.05) is 4.90 Å². The summed E-state index contributed by atoms with van der Waals surface area (Å²) in [5, 5.41) is 11.8. The second-order valence-electron chi connectivity index (χ2n) is 18.8. The number of hydrogen-bond donors (Lipinski definition) is 2. The predicted molar refractivity (Wildman–Crippen MR) is 303 cm³/mol. The Morgan fingerprint density at radius 2 is 1.14 bits per heavy atom. The Morgan fingerprint density at radius 1 is 0.575 bits per heavy atom. The van der Waals surface area contributed by atoms with E-state index in [-0.39, 0.29) is 24.2 Å². The highest BCUT2D eigenvalue weighted by atomic mass is 32.1. The minimum absolute atomic E-state index is 0.173. The summed E-state index contributed by atoms with van der Waals surface area (Å²) < 4.78 is 12.8. The number of benzene rings is 7. The molecule has 73 heavy (non-hydrogen) atoms. The third-order valence-corrected chi connectivity index (χ3v) is 14.9. The Balaban J connectivity index is 0.941. The number of hydrogen-bond acceptors (Lipinski definition) is 6. The van der Waals surface area contributed by atoms with Crippen LogP contribution in [-0.4, -0.2) is 22.0 Å². The Bertz CT molecular complexity index is 3840. The van der Waals surface area contributed by atoms with Crippen LogP contribution in [0, 0.1) is 17.2 Å². The maximum atomic E-state index is 13.9. The Hall–Kier alpha value is -9.04. The van der Waals surface area contributed by atoms with Gasteiger partial charge in [-0.15, -0.1) is 0 Å². The summed E-state index contributed by atoms with van der Waals surface area (Å²) in [6.45, 7) is 0.173. The molecule has 0 aliphatic heterocycles. The maximum absolute atomic E-state index is 13.9. The van der Waals surface area contributed by atoms with E-state index < -0.39 is 5.97 Å². The molecule has 13 rings (SSSR count). The molecule has 0 radical (unpaired) electrons. The first-order valence-electron chi connectivity index (χ1n) is 24.5. The molecular formula is C66H46N4O2S. The third-order valence-electron chi connectivity index (χ3n) is 14.7. The average molecular weight is 959 g/mol. The molecule has 0 amide bonds. The van der Waals surface area contributed by atoms with Gasteiger partial charge in [-0.3, -0.25) is 5.41 Å². The van der Waals surface area contributed by atoms with Crippen molar-refractivity contribution in [2.24, 2.45) is 16.2 Å². The second-order valence-corrected chi connectivity index (χ2v) is 19.0. The molecule has 0 saturated heterocycles. The fourth-order valence-electron chi connectivity index (χ4n) is 11.2. The lowest BCUT2D eigenvalue weighted by Crippen LogP contribution is -2.30. The number of ether oxygens (including phenoxy) is 1. The van der Waals surface area contributed by atoms with Gasteiger partial charge in [-0.25, -0.2) is 9.19 Å². The van der Waals surface area contributed by atoms with Crippen molar-refractivity contribution >= 4 is 74.7 Å². The Kier molecular flexibility index (Phi) is 11.0. The summed E-state index contributed by atoms with van der Waals surface area (Å²) in [5.41, 5.74) is 18.8. The number of esters is 1. The highest BCUT2D eigenvalue weighted by molar-refractivity contribution is 7.79. The topological polar surface area (TPSA) is 70.7 Å². The molecule has 7 heteroatoms. The van der Waals surface area contributed by atoms with Gasteiger partial charge in [0.25, 0.3) is 0 Å². The molecule has 6 nitrogen and oxygen atoms in total. The standard InChI is InChI=1S/C66H46N4O2S/c67-64-54(34-37-60(65(64)68-73)69(52-30-24-45(25-31-52)43-14-6-2-7-15-43)53-32-26-46(27-33-53)44-16-8-3-9-17-44)49-28-35-58-56(38-49)57-39-51(66(71)72-41-42-12-4-1-5-13-42)29-36-59(57)70(58)61-40-50-20-10-18-47-22-23-48-19-11-21-55(61)63(48)62(47)50/h1-40,62-63,67,73H,41H2/b67-64?,68-65-. The number of anilines is 2. The van der Waals surface area contributed by atoms with E-state index in [1.165, 1.54) is 22.3 Å². The monoisotopic (exact) mass is 958 g/mol. The lowest BCUT2D eigenvalue weighted by Gasteiger charge is -2.41. The van der Waals surface area contributed by atoms with Crippen molar-refractivity contribution in [1.82, 2.24) is 4.57 Å². The predicted octanol–water partition coefficient (Wildman–Crippen LogP) is 15.9. The zero-order valence-corrected chi connectivity index (χ0v) is 40.5. The van der Waals surface area contributed by atoms with Crippen molar-refractivity contribution < 1.29 is 9.53 Å². The van der Waals surface area contributed by atoms with Crippen LogP contribution in [-0.2, 0) is 11.3 Å². The normalized spacial score (nSPS) is 18.0. The van der Waals surface area contributed by atoms with E-state index in [0.717, 1.165) is 78.0 Å². The van der Waals surface area contributed by atoms with Crippen molar-refractivity contribution in [1.29, 1.82) is 5.41 Å². The van der Waals surface area contributed by atoms with Crippen LogP contribution in [0.4, 0.5) is 11.4 Å². The van der Waals surface area contributed by atoms with Crippen molar-refractivity contribution in [3.8, 4) is 22.3 Å². The van der Waals surface area contributed by atoms with Crippen molar-refractivity contribution in [3.05, 3.63) is 287 Å². The number of nitrogens with zero attached hydrogens (tertiary/aromatic N) is 3. The highest BCUT2D eigenvalue weighted by Gasteiger charge is 2.40. The summed E-state index contributed by atoms with van der Waals surface area (Å²) in [6, 6.07) is 59.8. The van der Waals surface area contributed by atoms with Gasteiger partial charge < -0.3 is 14.2 Å². The van der Waals surface area contributed by atoms with E-state index in [1.54, 1.807) is 0 Å². The molecule has 5 aliphatic carbocycles. The van der Waals surface area contributed by atoms with E-state index >= 15 is 0 Å². The molecule has 1 heterocycles. The van der Waals surface area contributed by atoms with Crippen LogP contribution < -0.4 is 4.90 Å². The first-order valence-corrected chi connectivity index (χ1v) is 24.9. The fraction of sp³-hybridized carbons (Fsp3) is 0.0455. The molecule has 1 aromatic heterocycles. The van der Waals surface area contributed by atoms with Gasteiger partial charge in [0.2, 0.25) is 0 Å². The van der Waals surface area contributed by atoms with E-state index in [0.29, 0.717) is 16.8 Å². The molecule has 2 unspecified atom stereocenters. The Labute approximate surface area is 429 Å². The Morgan fingerprint density at radius 3 is 1.78 bits per heavy atom. The van der Waals surface area contributed by atoms with Crippen LogP contribution in [0.2, 0.25) is 0 Å². The SMILES string of the molecule is N=C1C(c2ccc3c(c2)c2cc(C(=O)OCc4ccccc4)ccc2n3C2=CC3=CC=CC4=CC=C5C=CC=C2C5C43)=CC=C(N(c2ccc(-c3ccccc3)cc2)c2ccc(-c3ccccc3)cc2)/C1=N/S. The largest absolute Gasteiger partial charge is 0.457 e. The van der Waals surface area contributed by atoms with Crippen LogP contribution in [0.1, 0.15) is 21.5 Å². The second kappa shape index (κ2) is 18.3. The van der Waals surface area contributed by atoms with Gasteiger partial charge in [-0.2, -0.15) is 0 Å². The van der Waals surface area contributed by atoms with Crippen molar-refractivity contribution in [2.45, 2.75) is 6.61 Å². The minimum atomic E-state index is -0.392. The minimum Gasteiger partial charge on any atom is -0.457 e. The summed E-state index contributed by atoms with van der Waals surface area (Å²) >= 11 is 4.58. The zero-order chi connectivity index (χ0) is 49.0. The number of allylic oxidation sites excluding steroid dienone is 18. The molecule has 0 bridgehead atoms. The summed E-state index contributed by atoms with van der Waals surface area (Å²) in [4.78, 5) is 16.0. The number of carbonyl (C=O) groups is 1. The molecule has 7 aromatic carbocycles. The summed E-state index contributed by atoms with van der Waals surface area (Å²) in [5.74, 6) is 0.0334. The first kappa shape index (κ1) is 43.9. The van der Waals surface area contributed by atoms with Gasteiger partial charge in [0, 0.05) is 39.6 Å². The number of nitrogens with one attached hydrogen (secondary N) is 1. The summed E-state index contributed by atoms with van der Waals surface area (Å²) in [7, 11) is 0. The molecule has 348 valence electrons. The van der Waals surface area contributed by atoms with E-state index in [4.69, 9.17) is 4.74 Å². The number of carbonyl (C=O) groups excluding carboxylic acids is 1. The molecule has 1 N–H and O–H groups in total. The quantitative estimate of drug-likeness (QED) is 0.0815.